The Morgan fingerprint density at radius 3 is 2.61 bits per heavy atom. The highest BCUT2D eigenvalue weighted by atomic mass is 16.5. The number of nitriles is 1. The molecule has 0 N–H and O–H groups in total. The van der Waals surface area contributed by atoms with Crippen molar-refractivity contribution in [2.24, 2.45) is 5.92 Å². The van der Waals surface area contributed by atoms with Gasteiger partial charge in [-0.3, -0.25) is 4.79 Å². The van der Waals surface area contributed by atoms with E-state index >= 15 is 0 Å². The van der Waals surface area contributed by atoms with Gasteiger partial charge in [-0.15, -0.1) is 0 Å². The maximum Gasteiger partial charge on any atom is 0.289 e. The summed E-state index contributed by atoms with van der Waals surface area (Å²) in [4.78, 5) is 22.2. The van der Waals surface area contributed by atoms with Crippen LogP contribution in [-0.2, 0) is 17.8 Å². The molecule has 2 aromatic rings. The Balaban J connectivity index is 1.73. The molecular weight excluding hydrogens is 416 g/mol. The average molecular weight is 451 g/mol. The Kier molecular flexibility index (Phi) is 6.24. The molecule has 0 unspecified atom stereocenters. The van der Waals surface area contributed by atoms with E-state index in [0.29, 0.717) is 44.0 Å². The number of nitrogens with zero attached hydrogens (tertiary/aromatic N) is 4. The molecule has 1 atom stereocenters. The lowest BCUT2D eigenvalue weighted by atomic mass is 9.86. The van der Waals surface area contributed by atoms with Gasteiger partial charge in [0.05, 0.1) is 35.8 Å². The lowest BCUT2D eigenvalue weighted by molar-refractivity contribution is -0.0408. The van der Waals surface area contributed by atoms with Crippen LogP contribution in [0.5, 0.6) is 0 Å². The van der Waals surface area contributed by atoms with Crippen molar-refractivity contribution in [2.75, 3.05) is 24.5 Å². The summed E-state index contributed by atoms with van der Waals surface area (Å²) >= 11 is 0. The number of amides is 1. The molecule has 0 bridgehead atoms. The van der Waals surface area contributed by atoms with Gasteiger partial charge in [0.2, 0.25) is 0 Å². The van der Waals surface area contributed by atoms with Gasteiger partial charge < -0.3 is 19.0 Å². The minimum atomic E-state index is -0.319. The van der Waals surface area contributed by atoms with E-state index in [1.54, 1.807) is 12.1 Å². The predicted molar refractivity (Wildman–Crippen MR) is 126 cm³/mol. The summed E-state index contributed by atoms with van der Waals surface area (Å²) in [5, 5.41) is 10.2. The molecule has 0 saturated carbocycles. The van der Waals surface area contributed by atoms with E-state index in [0.717, 1.165) is 22.6 Å². The number of carbonyl (C=O) groups is 1. The maximum atomic E-state index is 13.1. The van der Waals surface area contributed by atoms with Gasteiger partial charge >= 0.3 is 0 Å². The molecule has 1 fully saturated rings. The van der Waals surface area contributed by atoms with Gasteiger partial charge in [0.15, 0.2) is 5.76 Å². The van der Waals surface area contributed by atoms with Gasteiger partial charge in [-0.2, -0.15) is 5.26 Å². The first-order valence-electron chi connectivity index (χ1n) is 11.8. The number of piperazine rings is 1. The van der Waals surface area contributed by atoms with Crippen LogP contribution in [-0.4, -0.2) is 47.1 Å². The number of hydrogen-bond acceptors (Lipinski definition) is 6. The molecule has 0 radical (unpaired) electrons. The molecule has 176 valence electrons. The Morgan fingerprint density at radius 2 is 2.00 bits per heavy atom. The zero-order valence-electron chi connectivity index (χ0n) is 20.5. The van der Waals surface area contributed by atoms with Gasteiger partial charge in [-0.25, -0.2) is 4.98 Å². The van der Waals surface area contributed by atoms with Crippen molar-refractivity contribution >= 4 is 11.7 Å². The first kappa shape index (κ1) is 23.3. The van der Waals surface area contributed by atoms with E-state index in [4.69, 9.17) is 14.1 Å². The molecule has 7 heteroatoms. The van der Waals surface area contributed by atoms with E-state index < -0.39 is 0 Å². The Morgan fingerprint density at radius 1 is 1.24 bits per heavy atom. The number of pyridine rings is 1. The number of anilines is 1. The lowest BCUT2D eigenvalue weighted by Gasteiger charge is -2.44. The maximum absolute atomic E-state index is 13.1. The van der Waals surface area contributed by atoms with Crippen LogP contribution < -0.4 is 4.90 Å². The van der Waals surface area contributed by atoms with Gasteiger partial charge in [0.25, 0.3) is 5.91 Å². The van der Waals surface area contributed by atoms with Crippen LogP contribution >= 0.6 is 0 Å². The number of ether oxygens (including phenoxy) is 1. The molecule has 4 rings (SSSR count). The Hall–Kier alpha value is -2.85. The lowest BCUT2D eigenvalue weighted by Crippen LogP contribution is -2.57. The van der Waals surface area contributed by atoms with Crippen LogP contribution in [0.25, 0.3) is 0 Å². The molecule has 2 aliphatic rings. The smallest absolute Gasteiger partial charge is 0.289 e. The van der Waals surface area contributed by atoms with Gasteiger partial charge in [0.1, 0.15) is 11.9 Å². The topological polar surface area (TPSA) is 82.6 Å². The molecule has 0 aliphatic carbocycles. The number of rotatable bonds is 4. The van der Waals surface area contributed by atoms with E-state index in [1.165, 1.54) is 6.26 Å². The summed E-state index contributed by atoms with van der Waals surface area (Å²) in [6, 6.07) is 5.91. The molecule has 4 heterocycles. The van der Waals surface area contributed by atoms with Crippen molar-refractivity contribution in [3.63, 3.8) is 0 Å². The fraction of sp³-hybridized carbons (Fsp3) is 0.577. The highest BCUT2D eigenvalue weighted by molar-refractivity contribution is 5.92. The SMILES string of the molecule is CC(C)c1nc(N2CCN(C(=O)c3ccco3)[C@H](C(C)C)C2)c(C#N)c2c1COC(C)(C)C2. The third kappa shape index (κ3) is 4.37. The van der Waals surface area contributed by atoms with Crippen molar-refractivity contribution in [2.45, 2.75) is 72.1 Å². The van der Waals surface area contributed by atoms with Crippen LogP contribution in [0.3, 0.4) is 0 Å². The van der Waals surface area contributed by atoms with Crippen molar-refractivity contribution in [3.05, 3.63) is 46.5 Å². The molecule has 1 amide bonds. The predicted octanol–water partition coefficient (Wildman–Crippen LogP) is 4.51. The van der Waals surface area contributed by atoms with Crippen LogP contribution in [0.15, 0.2) is 22.8 Å². The summed E-state index contributed by atoms with van der Waals surface area (Å²) in [5.41, 5.74) is 3.47. The zero-order chi connectivity index (χ0) is 23.9. The second-order valence-electron chi connectivity index (χ2n) is 10.4. The van der Waals surface area contributed by atoms with Crippen molar-refractivity contribution in [1.29, 1.82) is 5.26 Å². The van der Waals surface area contributed by atoms with Crippen molar-refractivity contribution < 1.29 is 13.9 Å². The van der Waals surface area contributed by atoms with Gasteiger partial charge in [-0.05, 0) is 43.4 Å². The first-order valence-corrected chi connectivity index (χ1v) is 11.8. The minimum absolute atomic E-state index is 0.0111. The van der Waals surface area contributed by atoms with Crippen LogP contribution in [0.1, 0.15) is 80.4 Å². The van der Waals surface area contributed by atoms with Crippen molar-refractivity contribution in [1.82, 2.24) is 9.88 Å². The number of carbonyl (C=O) groups excluding carboxylic acids is 1. The van der Waals surface area contributed by atoms with Crippen LogP contribution in [0.2, 0.25) is 0 Å². The quantitative estimate of drug-likeness (QED) is 0.682. The molecule has 33 heavy (non-hydrogen) atoms. The number of hydrogen-bond donors (Lipinski definition) is 0. The first-order chi connectivity index (χ1) is 15.6. The second kappa shape index (κ2) is 8.83. The monoisotopic (exact) mass is 450 g/mol. The molecule has 7 nitrogen and oxygen atoms in total. The summed E-state index contributed by atoms with van der Waals surface area (Å²) in [5.74, 6) is 1.49. The summed E-state index contributed by atoms with van der Waals surface area (Å²) in [7, 11) is 0. The molecule has 0 spiro atoms. The van der Waals surface area contributed by atoms with E-state index in [1.807, 2.05) is 4.90 Å². The molecule has 2 aliphatic heterocycles. The highest BCUT2D eigenvalue weighted by Crippen LogP contribution is 2.38. The summed E-state index contributed by atoms with van der Waals surface area (Å²) in [6.07, 6.45) is 2.22. The second-order valence-corrected chi connectivity index (χ2v) is 10.4. The highest BCUT2D eigenvalue weighted by Gasteiger charge is 2.37. The molecule has 2 aromatic heterocycles. The third-order valence-corrected chi connectivity index (χ3v) is 6.77. The number of furan rings is 1. The molecule has 1 saturated heterocycles. The van der Waals surface area contributed by atoms with E-state index in [2.05, 4.69) is 52.5 Å². The van der Waals surface area contributed by atoms with Gasteiger partial charge in [0, 0.05) is 31.6 Å². The fourth-order valence-electron chi connectivity index (χ4n) is 4.97. The van der Waals surface area contributed by atoms with Crippen molar-refractivity contribution in [3.8, 4) is 6.07 Å². The molecular formula is C26H34N4O3. The number of fused-ring (bicyclic) bond motifs is 1. The van der Waals surface area contributed by atoms with E-state index in [-0.39, 0.29) is 29.4 Å². The Bertz CT molecular complexity index is 1070. The summed E-state index contributed by atoms with van der Waals surface area (Å²) in [6.45, 7) is 14.9. The summed E-state index contributed by atoms with van der Waals surface area (Å²) < 4.78 is 11.5. The van der Waals surface area contributed by atoms with Crippen LogP contribution in [0, 0.1) is 17.2 Å². The number of aromatic nitrogens is 1. The minimum Gasteiger partial charge on any atom is -0.459 e. The molecule has 0 aromatic carbocycles. The zero-order valence-corrected chi connectivity index (χ0v) is 20.5. The fourth-order valence-corrected chi connectivity index (χ4v) is 4.97. The van der Waals surface area contributed by atoms with E-state index in [9.17, 15) is 10.1 Å². The van der Waals surface area contributed by atoms with Gasteiger partial charge in [-0.1, -0.05) is 27.7 Å². The third-order valence-electron chi connectivity index (χ3n) is 6.77. The Labute approximate surface area is 196 Å². The standard InChI is InChI=1S/C26H34N4O3/c1-16(2)21-14-29(9-10-30(21)25(31)22-8-7-11-32-22)24-19(13-27)18-12-26(5,6)33-15-20(18)23(28-24)17(3)4/h7-8,11,16-17,21H,9-10,12,14-15H2,1-6H3/t21-/m0/s1. The normalized spacial score (nSPS) is 20.2. The largest absolute Gasteiger partial charge is 0.459 e. The van der Waals surface area contributed by atoms with Crippen LogP contribution in [0.4, 0.5) is 5.82 Å². The average Bonchev–Trinajstić information content (AvgIpc) is 3.31.